The van der Waals surface area contributed by atoms with E-state index in [1.54, 1.807) is 37.7 Å². The van der Waals surface area contributed by atoms with Crippen LogP contribution in [-0.2, 0) is 4.74 Å². The van der Waals surface area contributed by atoms with Crippen molar-refractivity contribution in [3.05, 3.63) is 45.4 Å². The van der Waals surface area contributed by atoms with E-state index in [9.17, 15) is 15.2 Å². The Kier molecular flexibility index (Phi) is 5.96. The Hall–Kier alpha value is -1.79. The van der Waals surface area contributed by atoms with E-state index >= 15 is 0 Å². The van der Waals surface area contributed by atoms with Crippen molar-refractivity contribution in [3.8, 4) is 6.07 Å². The lowest BCUT2D eigenvalue weighted by Gasteiger charge is -2.32. The number of thiazole rings is 1. The first-order chi connectivity index (χ1) is 12.8. The highest BCUT2D eigenvalue weighted by molar-refractivity contribution is 7.99. The fraction of sp³-hybridized carbons (Fsp3) is 0.389. The quantitative estimate of drug-likeness (QED) is 0.680. The van der Waals surface area contributed by atoms with Crippen LogP contribution < -0.4 is 0 Å². The molecule has 27 heavy (non-hydrogen) atoms. The summed E-state index contributed by atoms with van der Waals surface area (Å²) in [7, 11) is 0. The number of benzene rings is 1. The van der Waals surface area contributed by atoms with Crippen molar-refractivity contribution >= 4 is 40.8 Å². The maximum absolute atomic E-state index is 11.8. The van der Waals surface area contributed by atoms with E-state index in [1.165, 1.54) is 28.0 Å². The molecule has 2 heterocycles. The molecule has 1 aliphatic heterocycles. The fourth-order valence-corrected chi connectivity index (χ4v) is 5.42. The van der Waals surface area contributed by atoms with Gasteiger partial charge in [0.05, 0.1) is 23.7 Å². The van der Waals surface area contributed by atoms with E-state index in [2.05, 4.69) is 11.1 Å². The van der Waals surface area contributed by atoms with Crippen molar-refractivity contribution < 1.29 is 14.6 Å². The van der Waals surface area contributed by atoms with Crippen LogP contribution in [0.25, 0.3) is 0 Å². The average Bonchev–Trinajstić information content (AvgIpc) is 3.23. The van der Waals surface area contributed by atoms with Gasteiger partial charge in [0.15, 0.2) is 0 Å². The highest BCUT2D eigenvalue weighted by Gasteiger charge is 2.45. The number of nitriles is 1. The lowest BCUT2D eigenvalue weighted by atomic mass is 10.1. The molecule has 0 saturated carbocycles. The fourth-order valence-electron chi connectivity index (χ4n) is 3.14. The monoisotopic (exact) mass is 423 g/mol. The normalized spacial score (nSPS) is 19.6. The van der Waals surface area contributed by atoms with E-state index in [-0.39, 0.29) is 11.3 Å². The molecule has 1 fully saturated rings. The molecule has 1 N–H and O–H groups in total. The summed E-state index contributed by atoms with van der Waals surface area (Å²) in [6.07, 6.45) is 1.34. The molecular formula is C18H18ClN3O3S2. The third kappa shape index (κ3) is 4.38. The highest BCUT2D eigenvalue weighted by Crippen LogP contribution is 2.44. The van der Waals surface area contributed by atoms with Crippen molar-refractivity contribution in [1.29, 1.82) is 5.26 Å². The Bertz CT molecular complexity index is 867. The Morgan fingerprint density at radius 1 is 1.63 bits per heavy atom. The number of halogens is 1. The Morgan fingerprint density at radius 2 is 2.41 bits per heavy atom. The second-order valence-corrected chi connectivity index (χ2v) is 9.16. The maximum Gasteiger partial charge on any atom is 0.409 e. The highest BCUT2D eigenvalue weighted by atomic mass is 35.5. The zero-order chi connectivity index (χ0) is 19.6. The smallest absolute Gasteiger partial charge is 0.409 e. The number of ether oxygens (including phenoxy) is 1. The number of carbonyl (C=O) groups is 1. The van der Waals surface area contributed by atoms with Crippen LogP contribution in [0, 0.1) is 11.3 Å². The van der Waals surface area contributed by atoms with E-state index < -0.39 is 11.8 Å². The molecule has 1 aromatic heterocycles. The predicted molar refractivity (Wildman–Crippen MR) is 105 cm³/mol. The number of aromatic nitrogens is 1. The minimum absolute atomic E-state index is 0.0601. The minimum Gasteiger partial charge on any atom is -0.465 e. The lowest BCUT2D eigenvalue weighted by molar-refractivity contribution is -0.0421. The van der Waals surface area contributed by atoms with Gasteiger partial charge in [0.2, 0.25) is 0 Å². The predicted octanol–water partition coefficient (Wildman–Crippen LogP) is 5.01. The molecule has 1 aliphatic rings. The molecule has 0 spiro atoms. The molecule has 2 atom stereocenters. The van der Waals surface area contributed by atoms with Gasteiger partial charge >= 0.3 is 6.09 Å². The van der Waals surface area contributed by atoms with Crippen LogP contribution in [0.3, 0.4) is 0 Å². The SMILES string of the molecule is CC1(C)OC[C@H](C[C@@H](Sc2ccc(Cl)cc2C#N)c2cncs2)N1C(=O)O. The van der Waals surface area contributed by atoms with Crippen LogP contribution in [0.5, 0.6) is 0 Å². The molecule has 0 aliphatic carbocycles. The molecule has 9 heteroatoms. The van der Waals surface area contributed by atoms with Crippen molar-refractivity contribution in [2.75, 3.05) is 6.61 Å². The molecule has 1 saturated heterocycles. The number of amides is 1. The maximum atomic E-state index is 11.8. The van der Waals surface area contributed by atoms with Crippen LogP contribution in [-0.4, -0.2) is 39.5 Å². The molecule has 142 valence electrons. The zero-order valence-electron chi connectivity index (χ0n) is 14.8. The van der Waals surface area contributed by atoms with Crippen LogP contribution in [0.15, 0.2) is 34.8 Å². The van der Waals surface area contributed by atoms with Gasteiger partial charge in [0.1, 0.15) is 11.8 Å². The van der Waals surface area contributed by atoms with E-state index in [0.717, 1.165) is 9.77 Å². The number of hydrogen-bond donors (Lipinski definition) is 1. The Balaban J connectivity index is 1.88. The van der Waals surface area contributed by atoms with Crippen LogP contribution >= 0.6 is 34.7 Å². The summed E-state index contributed by atoms with van der Waals surface area (Å²) >= 11 is 9.03. The van der Waals surface area contributed by atoms with Gasteiger partial charge in [-0.1, -0.05) is 11.6 Å². The Morgan fingerprint density at radius 3 is 3.04 bits per heavy atom. The first kappa shape index (κ1) is 20.0. The van der Waals surface area contributed by atoms with Gasteiger partial charge in [0.25, 0.3) is 0 Å². The van der Waals surface area contributed by atoms with Gasteiger partial charge in [-0.3, -0.25) is 9.88 Å². The number of thioether (sulfide) groups is 1. The van der Waals surface area contributed by atoms with Gasteiger partial charge in [0, 0.05) is 26.2 Å². The summed E-state index contributed by atoms with van der Waals surface area (Å²) in [5.41, 5.74) is 1.39. The standard InChI is InChI=1S/C18H18ClN3O3S2/c1-18(2)22(17(23)24)13(9-25-18)6-15(16-8-21-10-26-16)27-14-4-3-12(19)5-11(14)7-20/h3-5,8,10,13,15H,6,9H2,1-2H3,(H,23,24)/t13-,15+/m0/s1. The molecule has 1 amide bonds. The third-order valence-electron chi connectivity index (χ3n) is 4.37. The van der Waals surface area contributed by atoms with Gasteiger partial charge in [-0.25, -0.2) is 4.79 Å². The van der Waals surface area contributed by atoms with Crippen LogP contribution in [0.2, 0.25) is 5.02 Å². The van der Waals surface area contributed by atoms with Gasteiger partial charge in [-0.05, 0) is 38.5 Å². The summed E-state index contributed by atoms with van der Waals surface area (Å²) < 4.78 is 5.71. The topological polar surface area (TPSA) is 86.5 Å². The molecular weight excluding hydrogens is 406 g/mol. The molecule has 3 rings (SSSR count). The second-order valence-electron chi connectivity index (χ2n) is 6.56. The van der Waals surface area contributed by atoms with Crippen LogP contribution in [0.1, 0.15) is 36.0 Å². The number of nitrogens with zero attached hydrogens (tertiary/aromatic N) is 3. The molecule has 2 aromatic rings. The molecule has 0 unspecified atom stereocenters. The van der Waals surface area contributed by atoms with Crippen LogP contribution in [0.4, 0.5) is 4.79 Å². The zero-order valence-corrected chi connectivity index (χ0v) is 17.1. The summed E-state index contributed by atoms with van der Waals surface area (Å²) in [6, 6.07) is 7.10. The van der Waals surface area contributed by atoms with Crippen molar-refractivity contribution in [2.24, 2.45) is 0 Å². The molecule has 6 nitrogen and oxygen atoms in total. The summed E-state index contributed by atoms with van der Waals surface area (Å²) in [5.74, 6) is 0. The first-order valence-corrected chi connectivity index (χ1v) is 10.4. The summed E-state index contributed by atoms with van der Waals surface area (Å²) in [6.45, 7) is 3.84. The van der Waals surface area contributed by atoms with Crippen molar-refractivity contribution in [2.45, 2.75) is 42.2 Å². The first-order valence-electron chi connectivity index (χ1n) is 8.22. The summed E-state index contributed by atoms with van der Waals surface area (Å²) in [4.78, 5) is 19.1. The minimum atomic E-state index is -1.00. The molecule has 0 bridgehead atoms. The molecule has 1 aromatic carbocycles. The summed E-state index contributed by atoms with van der Waals surface area (Å²) in [5, 5.41) is 19.5. The Labute approximate surface area is 170 Å². The number of hydrogen-bond acceptors (Lipinski definition) is 6. The van der Waals surface area contributed by atoms with Crippen molar-refractivity contribution in [3.63, 3.8) is 0 Å². The second kappa shape index (κ2) is 8.07. The van der Waals surface area contributed by atoms with Gasteiger partial charge in [-0.2, -0.15) is 5.26 Å². The third-order valence-corrected chi connectivity index (χ3v) is 6.98. The lowest BCUT2D eigenvalue weighted by Crippen LogP contribution is -2.47. The average molecular weight is 424 g/mol. The van der Waals surface area contributed by atoms with E-state index in [0.29, 0.717) is 23.6 Å². The number of rotatable bonds is 5. The van der Waals surface area contributed by atoms with Gasteiger partial charge < -0.3 is 9.84 Å². The molecule has 0 radical (unpaired) electrons. The number of carboxylic acid groups (broad SMARTS) is 1. The van der Waals surface area contributed by atoms with E-state index in [4.69, 9.17) is 16.3 Å². The largest absolute Gasteiger partial charge is 0.465 e. The van der Waals surface area contributed by atoms with Crippen molar-refractivity contribution in [1.82, 2.24) is 9.88 Å². The van der Waals surface area contributed by atoms with Gasteiger partial charge in [-0.15, -0.1) is 23.1 Å². The van der Waals surface area contributed by atoms with E-state index in [1.807, 2.05) is 6.07 Å².